The van der Waals surface area contributed by atoms with Crippen LogP contribution in [-0.2, 0) is 6.54 Å². The molecule has 4 heteroatoms. The molecule has 2 N–H and O–H groups in total. The van der Waals surface area contributed by atoms with Gasteiger partial charge in [-0.1, -0.05) is 0 Å². The lowest BCUT2D eigenvalue weighted by Gasteiger charge is -2.12. The Morgan fingerprint density at radius 2 is 2.31 bits per heavy atom. The summed E-state index contributed by atoms with van der Waals surface area (Å²) in [4.78, 5) is 1.31. The lowest BCUT2D eigenvalue weighted by Crippen LogP contribution is -2.33. The van der Waals surface area contributed by atoms with Gasteiger partial charge in [0.05, 0.1) is 10.4 Å². The molecule has 1 aromatic rings. The first-order chi connectivity index (χ1) is 6.24. The summed E-state index contributed by atoms with van der Waals surface area (Å²) in [5.41, 5.74) is 0.0520. The van der Waals surface area contributed by atoms with Crippen molar-refractivity contribution in [2.24, 2.45) is 0 Å². The molecule has 2 nitrogen and oxygen atoms in total. The van der Waals surface area contributed by atoms with Crippen LogP contribution in [0.2, 0.25) is 0 Å². The number of hydrogen-bond donors (Lipinski definition) is 2. The molecule has 1 heterocycles. The van der Waals surface area contributed by atoms with E-state index in [0.717, 1.165) is 23.2 Å². The van der Waals surface area contributed by atoms with Crippen LogP contribution in [-0.4, -0.2) is 17.3 Å². The zero-order valence-corrected chi connectivity index (χ0v) is 9.62. The number of thiophene rings is 1. The largest absolute Gasteiger partial charge is 0.394 e. The van der Waals surface area contributed by atoms with E-state index in [1.165, 1.54) is 4.88 Å². The standard InChI is InChI=1S/C9H12BrNOS/c10-8-2-1-7(13-8)5-11-9(6-12)3-4-9/h1-2,11-12H,3-6H2. The van der Waals surface area contributed by atoms with E-state index in [1.54, 1.807) is 11.3 Å². The summed E-state index contributed by atoms with van der Waals surface area (Å²) in [6.07, 6.45) is 2.21. The fraction of sp³-hybridized carbons (Fsp3) is 0.556. The number of nitrogens with one attached hydrogen (secondary N) is 1. The highest BCUT2D eigenvalue weighted by molar-refractivity contribution is 9.11. The molecule has 1 aliphatic rings. The molecule has 0 amide bonds. The molecule has 1 aromatic heterocycles. The Morgan fingerprint density at radius 1 is 1.54 bits per heavy atom. The lowest BCUT2D eigenvalue weighted by atomic mass is 10.3. The van der Waals surface area contributed by atoms with E-state index in [2.05, 4.69) is 33.4 Å². The van der Waals surface area contributed by atoms with Crippen LogP contribution in [0.4, 0.5) is 0 Å². The van der Waals surface area contributed by atoms with Crippen molar-refractivity contribution in [1.29, 1.82) is 0 Å². The number of aliphatic hydroxyl groups is 1. The second-order valence-electron chi connectivity index (χ2n) is 3.50. The first-order valence-corrected chi connectivity index (χ1v) is 5.95. The monoisotopic (exact) mass is 261 g/mol. The van der Waals surface area contributed by atoms with E-state index in [1.807, 2.05) is 0 Å². The van der Waals surface area contributed by atoms with Crippen LogP contribution in [0, 0.1) is 0 Å². The van der Waals surface area contributed by atoms with Gasteiger partial charge >= 0.3 is 0 Å². The van der Waals surface area contributed by atoms with Gasteiger partial charge in [0.15, 0.2) is 0 Å². The van der Waals surface area contributed by atoms with Gasteiger partial charge in [0, 0.05) is 17.0 Å². The fourth-order valence-corrected chi connectivity index (χ4v) is 2.69. The van der Waals surface area contributed by atoms with Gasteiger partial charge in [-0.2, -0.15) is 0 Å². The van der Waals surface area contributed by atoms with Crippen LogP contribution >= 0.6 is 27.3 Å². The minimum Gasteiger partial charge on any atom is -0.394 e. The molecule has 0 bridgehead atoms. The highest BCUT2D eigenvalue weighted by Crippen LogP contribution is 2.35. The third-order valence-corrected chi connectivity index (χ3v) is 4.05. The van der Waals surface area contributed by atoms with Crippen LogP contribution < -0.4 is 5.32 Å². The Kier molecular flexibility index (Phi) is 2.74. The van der Waals surface area contributed by atoms with E-state index < -0.39 is 0 Å². The molecule has 1 fully saturated rings. The van der Waals surface area contributed by atoms with E-state index in [9.17, 15) is 0 Å². The first kappa shape index (κ1) is 9.65. The fourth-order valence-electron chi connectivity index (χ4n) is 1.26. The second-order valence-corrected chi connectivity index (χ2v) is 6.05. The third kappa shape index (κ3) is 2.31. The summed E-state index contributed by atoms with van der Waals surface area (Å²) in [7, 11) is 0. The van der Waals surface area contributed by atoms with Crippen molar-refractivity contribution in [3.63, 3.8) is 0 Å². The minimum absolute atomic E-state index is 0.0520. The van der Waals surface area contributed by atoms with Gasteiger partial charge < -0.3 is 10.4 Å². The minimum atomic E-state index is 0.0520. The summed E-state index contributed by atoms with van der Waals surface area (Å²) >= 11 is 5.17. The van der Waals surface area contributed by atoms with Gasteiger partial charge in [0.1, 0.15) is 0 Å². The molecule has 0 saturated heterocycles. The Labute approximate surface area is 90.1 Å². The normalized spacial score (nSPS) is 18.9. The molecule has 0 aromatic carbocycles. The number of aliphatic hydroxyl groups excluding tert-OH is 1. The van der Waals surface area contributed by atoms with Crippen molar-refractivity contribution in [2.45, 2.75) is 24.9 Å². The van der Waals surface area contributed by atoms with Gasteiger partial charge in [-0.05, 0) is 40.9 Å². The first-order valence-electron chi connectivity index (χ1n) is 4.34. The van der Waals surface area contributed by atoms with Gasteiger partial charge in [0.2, 0.25) is 0 Å². The summed E-state index contributed by atoms with van der Waals surface area (Å²) < 4.78 is 1.16. The molecule has 0 unspecified atom stereocenters. The predicted molar refractivity (Wildman–Crippen MR) is 57.9 cm³/mol. The Bertz CT molecular complexity index is 296. The average molecular weight is 262 g/mol. The highest BCUT2D eigenvalue weighted by atomic mass is 79.9. The highest BCUT2D eigenvalue weighted by Gasteiger charge is 2.41. The van der Waals surface area contributed by atoms with Crippen LogP contribution in [0.5, 0.6) is 0 Å². The summed E-state index contributed by atoms with van der Waals surface area (Å²) in [5, 5.41) is 12.5. The van der Waals surface area contributed by atoms with E-state index in [-0.39, 0.29) is 12.1 Å². The van der Waals surface area contributed by atoms with Gasteiger partial charge in [-0.15, -0.1) is 11.3 Å². The molecule has 1 saturated carbocycles. The summed E-state index contributed by atoms with van der Waals surface area (Å²) in [6, 6.07) is 4.16. The molecule has 2 rings (SSSR count). The molecule has 13 heavy (non-hydrogen) atoms. The average Bonchev–Trinajstić information content (AvgIpc) is 2.81. The summed E-state index contributed by atoms with van der Waals surface area (Å²) in [5.74, 6) is 0. The lowest BCUT2D eigenvalue weighted by molar-refractivity contribution is 0.230. The third-order valence-electron chi connectivity index (χ3n) is 2.42. The van der Waals surface area contributed by atoms with Gasteiger partial charge in [-0.3, -0.25) is 0 Å². The molecule has 0 aliphatic heterocycles. The maximum atomic E-state index is 9.07. The quantitative estimate of drug-likeness (QED) is 0.871. The zero-order chi connectivity index (χ0) is 9.31. The second kappa shape index (κ2) is 3.69. The molecular weight excluding hydrogens is 250 g/mol. The molecule has 0 spiro atoms. The Morgan fingerprint density at radius 3 is 2.77 bits per heavy atom. The topological polar surface area (TPSA) is 32.3 Å². The van der Waals surface area contributed by atoms with E-state index in [0.29, 0.717) is 0 Å². The van der Waals surface area contributed by atoms with Crippen molar-refractivity contribution >= 4 is 27.3 Å². The van der Waals surface area contributed by atoms with Crippen molar-refractivity contribution in [3.8, 4) is 0 Å². The Balaban J connectivity index is 1.86. The molecular formula is C9H12BrNOS. The predicted octanol–water partition coefficient (Wildman–Crippen LogP) is 2.13. The Hall–Kier alpha value is 0.1000. The maximum Gasteiger partial charge on any atom is 0.0701 e. The molecule has 0 atom stereocenters. The van der Waals surface area contributed by atoms with Crippen molar-refractivity contribution < 1.29 is 5.11 Å². The summed E-state index contributed by atoms with van der Waals surface area (Å²) in [6.45, 7) is 1.14. The number of halogens is 1. The van der Waals surface area contributed by atoms with Crippen LogP contribution in [0.3, 0.4) is 0 Å². The van der Waals surface area contributed by atoms with Crippen molar-refractivity contribution in [2.75, 3.05) is 6.61 Å². The molecule has 72 valence electrons. The number of rotatable bonds is 4. The van der Waals surface area contributed by atoms with E-state index >= 15 is 0 Å². The van der Waals surface area contributed by atoms with Crippen molar-refractivity contribution in [1.82, 2.24) is 5.32 Å². The smallest absolute Gasteiger partial charge is 0.0701 e. The van der Waals surface area contributed by atoms with E-state index in [4.69, 9.17) is 5.11 Å². The molecule has 0 radical (unpaired) electrons. The molecule has 1 aliphatic carbocycles. The number of hydrogen-bond acceptors (Lipinski definition) is 3. The van der Waals surface area contributed by atoms with Crippen molar-refractivity contribution in [3.05, 3.63) is 20.8 Å². The SMILES string of the molecule is OCC1(NCc2ccc(Br)s2)CC1. The van der Waals surface area contributed by atoms with Gasteiger partial charge in [0.25, 0.3) is 0 Å². The van der Waals surface area contributed by atoms with Crippen LogP contribution in [0.15, 0.2) is 15.9 Å². The van der Waals surface area contributed by atoms with Gasteiger partial charge in [-0.25, -0.2) is 0 Å². The van der Waals surface area contributed by atoms with Crippen LogP contribution in [0.1, 0.15) is 17.7 Å². The maximum absolute atomic E-state index is 9.07. The van der Waals surface area contributed by atoms with Crippen LogP contribution in [0.25, 0.3) is 0 Å². The zero-order valence-electron chi connectivity index (χ0n) is 7.22.